The highest BCUT2D eigenvalue weighted by Gasteiger charge is 2.31. The van der Waals surface area contributed by atoms with Gasteiger partial charge in [-0.2, -0.15) is 13.2 Å². The first-order valence-electron chi connectivity index (χ1n) is 12.5. The smallest absolute Gasteiger partial charge is 0.416 e. The lowest BCUT2D eigenvalue weighted by molar-refractivity contribution is -0.137. The Morgan fingerprint density at radius 1 is 1.07 bits per heavy atom. The monoisotopic (exact) mass is 552 g/mol. The maximum Gasteiger partial charge on any atom is 0.416 e. The van der Waals surface area contributed by atoms with E-state index in [4.69, 9.17) is 5.73 Å². The maximum atomic E-state index is 13.4. The summed E-state index contributed by atoms with van der Waals surface area (Å²) in [5.41, 5.74) is 7.66. The number of aromatic nitrogens is 2. The van der Waals surface area contributed by atoms with Gasteiger partial charge >= 0.3 is 6.18 Å². The van der Waals surface area contributed by atoms with Crippen LogP contribution in [0.3, 0.4) is 0 Å². The molecule has 3 aromatic carbocycles. The zero-order valence-corrected chi connectivity index (χ0v) is 22.8. The molecule has 0 spiro atoms. The maximum absolute atomic E-state index is 13.4. The number of hydrogen-bond donors (Lipinski definition) is 3. The molecule has 0 saturated carbocycles. The Morgan fingerprint density at radius 2 is 1.80 bits per heavy atom. The minimum absolute atomic E-state index is 0.00504. The van der Waals surface area contributed by atoms with Crippen LogP contribution in [-0.2, 0) is 17.4 Å². The number of carbonyl (C=O) groups is 1. The van der Waals surface area contributed by atoms with Crippen LogP contribution in [0.4, 0.5) is 36.1 Å². The number of aromatic hydroxyl groups is 1. The number of halogens is 3. The van der Waals surface area contributed by atoms with Crippen LogP contribution in [0.1, 0.15) is 35.5 Å². The van der Waals surface area contributed by atoms with Crippen LogP contribution in [0.2, 0.25) is 0 Å². The number of nitrogens with two attached hydrogens (primary N) is 1. The molecular formula is C29H31F3N6O2. The van der Waals surface area contributed by atoms with Crippen molar-refractivity contribution in [3.63, 3.8) is 0 Å². The Hall–Kier alpha value is -4.54. The van der Waals surface area contributed by atoms with Gasteiger partial charge < -0.3 is 26.0 Å². The Kier molecular flexibility index (Phi) is 7.77. The second kappa shape index (κ2) is 10.9. The van der Waals surface area contributed by atoms with Gasteiger partial charge in [-0.3, -0.25) is 4.79 Å². The van der Waals surface area contributed by atoms with Crippen LogP contribution in [0.5, 0.6) is 5.75 Å². The Balaban J connectivity index is 1.70. The van der Waals surface area contributed by atoms with Gasteiger partial charge in [0.15, 0.2) is 0 Å². The van der Waals surface area contributed by atoms with Gasteiger partial charge in [-0.1, -0.05) is 12.1 Å². The second-order valence-corrected chi connectivity index (χ2v) is 9.88. The van der Waals surface area contributed by atoms with Crippen molar-refractivity contribution in [2.45, 2.75) is 32.5 Å². The lowest BCUT2D eigenvalue weighted by Gasteiger charge is -2.23. The largest absolute Gasteiger partial charge is 0.505 e. The van der Waals surface area contributed by atoms with Crippen molar-refractivity contribution in [2.75, 3.05) is 37.1 Å². The molecule has 1 atom stereocenters. The number of phenols is 1. The van der Waals surface area contributed by atoms with Gasteiger partial charge in [0.1, 0.15) is 17.4 Å². The molecule has 0 bridgehead atoms. The average Bonchev–Trinajstić information content (AvgIpc) is 2.88. The van der Waals surface area contributed by atoms with E-state index < -0.39 is 17.8 Å². The summed E-state index contributed by atoms with van der Waals surface area (Å²) in [4.78, 5) is 24.5. The summed E-state index contributed by atoms with van der Waals surface area (Å²) < 4.78 is 40.1. The third-order valence-corrected chi connectivity index (χ3v) is 6.64. The molecule has 0 aliphatic carbocycles. The van der Waals surface area contributed by atoms with E-state index in [2.05, 4.69) is 15.3 Å². The number of nitrogens with one attached hydrogen (secondary N) is 1. The number of fused-ring (bicyclic) bond motifs is 1. The summed E-state index contributed by atoms with van der Waals surface area (Å²) in [6, 6.07) is 13.6. The van der Waals surface area contributed by atoms with Crippen LogP contribution >= 0.6 is 0 Å². The number of phenolic OH excluding ortho intramolecular Hbond substituents is 1. The molecule has 0 fully saturated rings. The highest BCUT2D eigenvalue weighted by atomic mass is 19.4. The molecule has 210 valence electrons. The summed E-state index contributed by atoms with van der Waals surface area (Å²) in [5.74, 6) is 0.786. The number of anilines is 4. The van der Waals surface area contributed by atoms with Crippen molar-refractivity contribution >= 4 is 39.7 Å². The quantitative estimate of drug-likeness (QED) is 0.248. The normalized spacial score (nSPS) is 12.3. The molecule has 1 aromatic heterocycles. The van der Waals surface area contributed by atoms with Crippen LogP contribution in [-0.4, -0.2) is 47.0 Å². The number of hydrogen-bond acceptors (Lipinski definition) is 7. The number of alkyl halides is 3. The molecule has 4 rings (SSSR count). The number of rotatable bonds is 7. The second-order valence-electron chi connectivity index (χ2n) is 9.88. The predicted octanol–water partition coefficient (Wildman–Crippen LogP) is 5.82. The molecule has 0 radical (unpaired) electrons. The molecule has 1 amide bonds. The summed E-state index contributed by atoms with van der Waals surface area (Å²) in [7, 11) is 5.09. The molecule has 8 nitrogen and oxygen atoms in total. The molecule has 40 heavy (non-hydrogen) atoms. The predicted molar refractivity (Wildman–Crippen MR) is 151 cm³/mol. The van der Waals surface area contributed by atoms with E-state index in [0.717, 1.165) is 12.1 Å². The van der Waals surface area contributed by atoms with Crippen molar-refractivity contribution in [3.05, 3.63) is 77.1 Å². The van der Waals surface area contributed by atoms with Crippen LogP contribution in [0, 0.1) is 6.92 Å². The summed E-state index contributed by atoms with van der Waals surface area (Å²) >= 11 is 0. The highest BCUT2D eigenvalue weighted by Crippen LogP contribution is 2.37. The van der Waals surface area contributed by atoms with Crippen LogP contribution in [0.15, 0.2) is 54.6 Å². The summed E-state index contributed by atoms with van der Waals surface area (Å²) in [6.45, 7) is 3.46. The number of nitrogen functional groups attached to an aromatic ring is 1. The van der Waals surface area contributed by atoms with Crippen molar-refractivity contribution in [2.24, 2.45) is 0 Å². The first kappa shape index (κ1) is 28.5. The van der Waals surface area contributed by atoms with Crippen molar-refractivity contribution in [1.82, 2.24) is 14.9 Å². The third kappa shape index (κ3) is 6.03. The molecule has 1 heterocycles. The summed E-state index contributed by atoms with van der Waals surface area (Å²) in [6.07, 6.45) is -4.47. The Labute approximate surface area is 230 Å². The number of para-hydroxylation sites is 1. The average molecular weight is 553 g/mol. The molecule has 11 heteroatoms. The van der Waals surface area contributed by atoms with Gasteiger partial charge in [-0.05, 0) is 61.9 Å². The molecular weight excluding hydrogens is 521 g/mol. The van der Waals surface area contributed by atoms with Gasteiger partial charge in [-0.15, -0.1) is 0 Å². The van der Waals surface area contributed by atoms with Gasteiger partial charge in [0.05, 0.1) is 29.2 Å². The minimum Gasteiger partial charge on any atom is -0.505 e. The van der Waals surface area contributed by atoms with E-state index in [-0.39, 0.29) is 23.8 Å². The summed E-state index contributed by atoms with van der Waals surface area (Å²) in [5, 5.41) is 14.8. The van der Waals surface area contributed by atoms with Gasteiger partial charge in [0.25, 0.3) is 0 Å². The lowest BCUT2D eigenvalue weighted by Crippen LogP contribution is -2.23. The van der Waals surface area contributed by atoms with Crippen molar-refractivity contribution in [1.29, 1.82) is 0 Å². The first-order chi connectivity index (χ1) is 18.7. The van der Waals surface area contributed by atoms with Gasteiger partial charge in [-0.25, -0.2) is 9.97 Å². The number of nitrogens with zero attached hydrogens (tertiary/aromatic N) is 4. The van der Waals surface area contributed by atoms with Crippen LogP contribution in [0.25, 0.3) is 10.9 Å². The fourth-order valence-corrected chi connectivity index (χ4v) is 4.38. The van der Waals surface area contributed by atoms with E-state index >= 15 is 0 Å². The van der Waals surface area contributed by atoms with E-state index in [1.807, 2.05) is 18.2 Å². The van der Waals surface area contributed by atoms with Crippen molar-refractivity contribution < 1.29 is 23.1 Å². The minimum atomic E-state index is -4.52. The van der Waals surface area contributed by atoms with Crippen LogP contribution < -0.4 is 16.0 Å². The third-order valence-electron chi connectivity index (χ3n) is 6.64. The number of benzene rings is 3. The van der Waals surface area contributed by atoms with Crippen molar-refractivity contribution in [3.8, 4) is 5.75 Å². The standard InChI is InChI=1S/C29H31F3N6O2/c1-16(19-11-20(29(30,31)32)14-21(33)12-19)34-28-23-15-22(9-10-24(23)35-17(2)36-28)38(5)25-8-6-7-18(27(25)40)13-26(39)37(3)4/h6-12,14-16,40H,13,33H2,1-5H3,(H,34,35,36)/t16-/m1/s1. The van der Waals surface area contributed by atoms with E-state index in [1.54, 1.807) is 58.1 Å². The Morgan fingerprint density at radius 3 is 2.48 bits per heavy atom. The fraction of sp³-hybridized carbons (Fsp3) is 0.276. The lowest BCUT2D eigenvalue weighted by atomic mass is 10.0. The number of likely N-dealkylation sites (N-methyl/N-ethyl adjacent to an activating group) is 1. The number of carbonyl (C=O) groups excluding carboxylic acids is 1. The zero-order valence-electron chi connectivity index (χ0n) is 22.8. The molecule has 0 aliphatic rings. The molecule has 0 saturated heterocycles. The molecule has 0 unspecified atom stereocenters. The topological polar surface area (TPSA) is 108 Å². The van der Waals surface area contributed by atoms with E-state index in [0.29, 0.717) is 45.0 Å². The van der Waals surface area contributed by atoms with Gasteiger partial charge in [0, 0.05) is 43.5 Å². The Bertz CT molecular complexity index is 1570. The molecule has 4 aromatic rings. The molecule has 4 N–H and O–H groups in total. The molecule has 0 aliphatic heterocycles. The number of aryl methyl sites for hydroxylation is 1. The van der Waals surface area contributed by atoms with Gasteiger partial charge in [0.2, 0.25) is 5.91 Å². The highest BCUT2D eigenvalue weighted by molar-refractivity contribution is 5.93. The first-order valence-corrected chi connectivity index (χ1v) is 12.5. The van der Waals surface area contributed by atoms with E-state index in [1.165, 1.54) is 11.0 Å². The van der Waals surface area contributed by atoms with E-state index in [9.17, 15) is 23.1 Å². The fourth-order valence-electron chi connectivity index (χ4n) is 4.38. The number of amides is 1. The SMILES string of the molecule is Cc1nc(N[C@H](C)c2cc(N)cc(C(F)(F)F)c2)c2cc(N(C)c3cccc(CC(=O)N(C)C)c3O)ccc2n1. The zero-order chi connectivity index (χ0) is 29.4.